The lowest BCUT2D eigenvalue weighted by Gasteiger charge is -2.38. The van der Waals surface area contributed by atoms with Gasteiger partial charge in [0.1, 0.15) is 0 Å². The van der Waals surface area contributed by atoms with Gasteiger partial charge in [0, 0.05) is 19.0 Å². The van der Waals surface area contributed by atoms with E-state index in [9.17, 15) is 0 Å². The highest BCUT2D eigenvalue weighted by Gasteiger charge is 2.46. The largest absolute Gasteiger partial charge is 0.373 e. The summed E-state index contributed by atoms with van der Waals surface area (Å²) in [4.78, 5) is 2.39. The van der Waals surface area contributed by atoms with E-state index in [1.165, 1.54) is 12.8 Å². The van der Waals surface area contributed by atoms with Crippen LogP contribution in [-0.2, 0) is 4.74 Å². The van der Waals surface area contributed by atoms with Crippen LogP contribution < -0.4 is 0 Å². The Hall–Kier alpha value is -0.0800. The predicted molar refractivity (Wildman–Crippen MR) is 40.0 cm³/mol. The number of ether oxygens (including phenoxy) is 1. The zero-order valence-electron chi connectivity index (χ0n) is 6.76. The minimum Gasteiger partial charge on any atom is -0.373 e. The molecule has 2 fully saturated rings. The van der Waals surface area contributed by atoms with E-state index in [0.717, 1.165) is 19.2 Å². The summed E-state index contributed by atoms with van der Waals surface area (Å²) in [5.41, 5.74) is 0.286. The smallest absolute Gasteiger partial charge is 0.0845 e. The zero-order chi connectivity index (χ0) is 7.19. The molecule has 10 heavy (non-hydrogen) atoms. The number of likely N-dealkylation sites (tertiary alicyclic amines) is 1. The molecule has 2 aliphatic rings. The maximum absolute atomic E-state index is 5.58. The number of likely N-dealkylation sites (N-methyl/N-ethyl adjacent to an activating group) is 1. The average molecular weight is 141 g/mol. The summed E-state index contributed by atoms with van der Waals surface area (Å²) in [6.45, 7) is 4.41. The molecule has 0 aromatic heterocycles. The van der Waals surface area contributed by atoms with Crippen LogP contribution in [-0.4, -0.2) is 36.7 Å². The summed E-state index contributed by atoms with van der Waals surface area (Å²) < 4.78 is 5.58. The van der Waals surface area contributed by atoms with Gasteiger partial charge in [0.25, 0.3) is 0 Å². The fraction of sp³-hybridized carbons (Fsp3) is 1.00. The van der Waals surface area contributed by atoms with E-state index < -0.39 is 0 Å². The molecular formula is C8H15NO. The molecule has 0 aromatic carbocycles. The van der Waals surface area contributed by atoms with Crippen molar-refractivity contribution in [3.05, 3.63) is 0 Å². The standard InChI is InChI=1S/C8H15NO/c1-7-5-8(3-4-10-8)6-9(7)2/h7H,3-6H2,1-2H3. The first kappa shape index (κ1) is 6.62. The highest BCUT2D eigenvalue weighted by Crippen LogP contribution is 2.38. The van der Waals surface area contributed by atoms with E-state index in [2.05, 4.69) is 18.9 Å². The Morgan fingerprint density at radius 2 is 2.30 bits per heavy atom. The van der Waals surface area contributed by atoms with Crippen LogP contribution in [0.15, 0.2) is 0 Å². The van der Waals surface area contributed by atoms with Gasteiger partial charge >= 0.3 is 0 Å². The van der Waals surface area contributed by atoms with Crippen LogP contribution in [0.3, 0.4) is 0 Å². The molecule has 2 atom stereocenters. The third kappa shape index (κ3) is 0.789. The second kappa shape index (κ2) is 1.95. The van der Waals surface area contributed by atoms with Crippen molar-refractivity contribution in [3.8, 4) is 0 Å². The molecular weight excluding hydrogens is 126 g/mol. The van der Waals surface area contributed by atoms with Crippen LogP contribution in [0.4, 0.5) is 0 Å². The van der Waals surface area contributed by atoms with Crippen LogP contribution in [0, 0.1) is 0 Å². The third-order valence-corrected chi connectivity index (χ3v) is 2.92. The fourth-order valence-electron chi connectivity index (χ4n) is 2.05. The molecule has 0 N–H and O–H groups in total. The van der Waals surface area contributed by atoms with Crippen molar-refractivity contribution < 1.29 is 4.74 Å². The minimum atomic E-state index is 0.286. The van der Waals surface area contributed by atoms with Crippen molar-refractivity contribution in [2.75, 3.05) is 20.2 Å². The normalized spacial score (nSPS) is 48.0. The summed E-state index contributed by atoms with van der Waals surface area (Å²) in [5, 5.41) is 0. The van der Waals surface area contributed by atoms with E-state index in [-0.39, 0.29) is 5.60 Å². The van der Waals surface area contributed by atoms with Crippen molar-refractivity contribution in [2.45, 2.75) is 31.4 Å². The molecule has 0 bridgehead atoms. The van der Waals surface area contributed by atoms with Crippen molar-refractivity contribution in [1.29, 1.82) is 0 Å². The van der Waals surface area contributed by atoms with Gasteiger partial charge in [-0.2, -0.15) is 0 Å². The quantitative estimate of drug-likeness (QED) is 0.496. The Bertz CT molecular complexity index is 130. The highest BCUT2D eigenvalue weighted by atomic mass is 16.5. The van der Waals surface area contributed by atoms with Gasteiger partial charge in [-0.05, 0) is 20.4 Å². The summed E-state index contributed by atoms with van der Waals surface area (Å²) in [6, 6.07) is 0.722. The minimum absolute atomic E-state index is 0.286. The molecule has 2 nitrogen and oxygen atoms in total. The van der Waals surface area contributed by atoms with Gasteiger partial charge < -0.3 is 9.64 Å². The molecule has 2 heterocycles. The molecule has 1 spiro atoms. The topological polar surface area (TPSA) is 12.5 Å². The summed E-state index contributed by atoms with van der Waals surface area (Å²) in [5.74, 6) is 0. The van der Waals surface area contributed by atoms with E-state index in [1.807, 2.05) is 0 Å². The van der Waals surface area contributed by atoms with Gasteiger partial charge in [-0.3, -0.25) is 0 Å². The average Bonchev–Trinajstić information content (AvgIpc) is 2.08. The third-order valence-electron chi connectivity index (χ3n) is 2.92. The lowest BCUT2D eigenvalue weighted by atomic mass is 9.92. The molecule has 2 aliphatic heterocycles. The molecule has 0 saturated carbocycles. The van der Waals surface area contributed by atoms with Crippen LogP contribution in [0.2, 0.25) is 0 Å². The Morgan fingerprint density at radius 3 is 2.50 bits per heavy atom. The van der Waals surface area contributed by atoms with E-state index in [0.29, 0.717) is 0 Å². The van der Waals surface area contributed by atoms with Crippen LogP contribution in [0.1, 0.15) is 19.8 Å². The van der Waals surface area contributed by atoms with Crippen molar-refractivity contribution in [1.82, 2.24) is 4.90 Å². The molecule has 2 saturated heterocycles. The van der Waals surface area contributed by atoms with Crippen LogP contribution in [0.25, 0.3) is 0 Å². The summed E-state index contributed by atoms with van der Waals surface area (Å²) in [7, 11) is 2.18. The molecule has 2 heteroatoms. The van der Waals surface area contributed by atoms with Gasteiger partial charge in [0.05, 0.1) is 12.2 Å². The Labute approximate surface area is 62.2 Å². The molecule has 58 valence electrons. The first-order valence-corrected chi connectivity index (χ1v) is 4.06. The summed E-state index contributed by atoms with van der Waals surface area (Å²) >= 11 is 0. The van der Waals surface area contributed by atoms with Crippen molar-refractivity contribution >= 4 is 0 Å². The first-order chi connectivity index (χ1) is 4.72. The van der Waals surface area contributed by atoms with E-state index in [1.54, 1.807) is 0 Å². The van der Waals surface area contributed by atoms with E-state index in [4.69, 9.17) is 4.74 Å². The first-order valence-electron chi connectivity index (χ1n) is 4.06. The summed E-state index contributed by atoms with van der Waals surface area (Å²) in [6.07, 6.45) is 2.52. The number of hydrogen-bond donors (Lipinski definition) is 0. The fourth-order valence-corrected chi connectivity index (χ4v) is 2.05. The molecule has 0 amide bonds. The van der Waals surface area contributed by atoms with Gasteiger partial charge in [0.15, 0.2) is 0 Å². The Balaban J connectivity index is 2.03. The maximum atomic E-state index is 5.58. The van der Waals surface area contributed by atoms with Gasteiger partial charge in [0.2, 0.25) is 0 Å². The second-order valence-corrected chi connectivity index (χ2v) is 3.75. The molecule has 0 aliphatic carbocycles. The van der Waals surface area contributed by atoms with Crippen molar-refractivity contribution in [3.63, 3.8) is 0 Å². The van der Waals surface area contributed by atoms with Crippen LogP contribution in [0.5, 0.6) is 0 Å². The molecule has 2 unspecified atom stereocenters. The van der Waals surface area contributed by atoms with E-state index >= 15 is 0 Å². The monoisotopic (exact) mass is 141 g/mol. The Morgan fingerprint density at radius 1 is 1.60 bits per heavy atom. The number of rotatable bonds is 0. The maximum Gasteiger partial charge on any atom is 0.0845 e. The lowest BCUT2D eigenvalue weighted by molar-refractivity contribution is -0.136. The molecule has 0 aromatic rings. The Kier molecular flexibility index (Phi) is 1.29. The SMILES string of the molecule is CC1CC2(CCO2)CN1C. The van der Waals surface area contributed by atoms with Crippen molar-refractivity contribution in [2.24, 2.45) is 0 Å². The molecule has 2 rings (SSSR count). The lowest BCUT2D eigenvalue weighted by Crippen LogP contribution is -2.45. The van der Waals surface area contributed by atoms with Gasteiger partial charge in [-0.1, -0.05) is 0 Å². The second-order valence-electron chi connectivity index (χ2n) is 3.75. The van der Waals surface area contributed by atoms with Crippen LogP contribution >= 0.6 is 0 Å². The van der Waals surface area contributed by atoms with Gasteiger partial charge in [-0.15, -0.1) is 0 Å². The number of hydrogen-bond acceptors (Lipinski definition) is 2. The molecule has 0 radical (unpaired) electrons. The van der Waals surface area contributed by atoms with Gasteiger partial charge in [-0.25, -0.2) is 0 Å². The zero-order valence-corrected chi connectivity index (χ0v) is 6.76. The highest BCUT2D eigenvalue weighted by molar-refractivity contribution is 4.98. The number of nitrogens with zero attached hydrogens (tertiary/aromatic N) is 1. The predicted octanol–water partition coefficient (Wildman–Crippen LogP) is 0.870.